The molecule has 0 radical (unpaired) electrons. The molecule has 1 N–H and O–H groups in total. The van der Waals surface area contributed by atoms with Gasteiger partial charge in [-0.05, 0) is 51.5 Å². The van der Waals surface area contributed by atoms with E-state index in [-0.39, 0.29) is 5.60 Å². The van der Waals surface area contributed by atoms with Crippen molar-refractivity contribution in [2.45, 2.75) is 70.4 Å². The lowest BCUT2D eigenvalue weighted by Gasteiger charge is -2.41. The third-order valence-electron chi connectivity index (χ3n) is 4.14. The van der Waals surface area contributed by atoms with Gasteiger partial charge in [-0.2, -0.15) is 0 Å². The number of hydrogen-bond donors (Lipinski definition) is 1. The van der Waals surface area contributed by atoms with Crippen molar-refractivity contribution >= 4 is 0 Å². The molecule has 16 heavy (non-hydrogen) atoms. The van der Waals surface area contributed by atoms with Gasteiger partial charge < -0.3 is 10.1 Å². The summed E-state index contributed by atoms with van der Waals surface area (Å²) < 4.78 is 6.09. The van der Waals surface area contributed by atoms with Crippen LogP contribution in [-0.4, -0.2) is 24.8 Å². The first-order chi connectivity index (χ1) is 7.74. The highest BCUT2D eigenvalue weighted by atomic mass is 16.5. The Morgan fingerprint density at radius 1 is 1.38 bits per heavy atom. The summed E-state index contributed by atoms with van der Waals surface area (Å²) in [7, 11) is 0. The van der Waals surface area contributed by atoms with Crippen LogP contribution in [0.3, 0.4) is 0 Å². The third kappa shape index (κ3) is 3.21. The second kappa shape index (κ2) is 5.50. The van der Waals surface area contributed by atoms with Crippen LogP contribution in [0.4, 0.5) is 0 Å². The molecule has 94 valence electrons. The lowest BCUT2D eigenvalue weighted by atomic mass is 9.85. The maximum Gasteiger partial charge on any atom is 0.0806 e. The van der Waals surface area contributed by atoms with E-state index >= 15 is 0 Å². The zero-order chi connectivity index (χ0) is 11.4. The normalized spacial score (nSPS) is 32.6. The molecule has 0 aromatic carbocycles. The fourth-order valence-electron chi connectivity index (χ4n) is 2.78. The minimum atomic E-state index is 0.107. The molecule has 0 bridgehead atoms. The van der Waals surface area contributed by atoms with Crippen molar-refractivity contribution in [3.63, 3.8) is 0 Å². The SMILES string of the molecule is CCCNC(CC1CC1)C1(C)CCCCO1. The van der Waals surface area contributed by atoms with E-state index in [0.29, 0.717) is 6.04 Å². The summed E-state index contributed by atoms with van der Waals surface area (Å²) >= 11 is 0. The molecule has 1 heterocycles. The average Bonchev–Trinajstić information content (AvgIpc) is 3.09. The summed E-state index contributed by atoms with van der Waals surface area (Å²) in [5, 5.41) is 3.73. The van der Waals surface area contributed by atoms with Crippen molar-refractivity contribution < 1.29 is 4.74 Å². The summed E-state index contributed by atoms with van der Waals surface area (Å²) in [4.78, 5) is 0. The summed E-state index contributed by atoms with van der Waals surface area (Å²) in [6.07, 6.45) is 9.26. The summed E-state index contributed by atoms with van der Waals surface area (Å²) in [5.74, 6) is 0.983. The molecule has 1 saturated carbocycles. The van der Waals surface area contributed by atoms with Gasteiger partial charge in [0.2, 0.25) is 0 Å². The lowest BCUT2D eigenvalue weighted by molar-refractivity contribution is -0.0909. The zero-order valence-corrected chi connectivity index (χ0v) is 10.9. The first-order valence-corrected chi connectivity index (χ1v) is 7.12. The lowest BCUT2D eigenvalue weighted by Crippen LogP contribution is -2.52. The van der Waals surface area contributed by atoms with Crippen molar-refractivity contribution in [3.8, 4) is 0 Å². The Morgan fingerprint density at radius 3 is 2.75 bits per heavy atom. The molecule has 2 heteroatoms. The van der Waals surface area contributed by atoms with Crippen LogP contribution in [0.15, 0.2) is 0 Å². The van der Waals surface area contributed by atoms with Crippen molar-refractivity contribution in [3.05, 3.63) is 0 Å². The molecule has 2 fully saturated rings. The Morgan fingerprint density at radius 2 is 2.19 bits per heavy atom. The topological polar surface area (TPSA) is 21.3 Å². The number of nitrogens with one attached hydrogen (secondary N) is 1. The molecular formula is C14H27NO. The Bertz CT molecular complexity index is 207. The van der Waals surface area contributed by atoms with Crippen LogP contribution in [-0.2, 0) is 4.74 Å². The van der Waals surface area contributed by atoms with Crippen LogP contribution >= 0.6 is 0 Å². The van der Waals surface area contributed by atoms with Crippen LogP contribution in [0.25, 0.3) is 0 Å². The van der Waals surface area contributed by atoms with Gasteiger partial charge in [0, 0.05) is 12.6 Å². The highest BCUT2D eigenvalue weighted by Crippen LogP contribution is 2.38. The highest BCUT2D eigenvalue weighted by molar-refractivity contribution is 4.94. The van der Waals surface area contributed by atoms with Crippen molar-refractivity contribution in [1.82, 2.24) is 5.32 Å². The van der Waals surface area contributed by atoms with E-state index in [9.17, 15) is 0 Å². The number of ether oxygens (including phenoxy) is 1. The third-order valence-corrected chi connectivity index (χ3v) is 4.14. The second-order valence-electron chi connectivity index (χ2n) is 5.80. The molecule has 2 atom stereocenters. The largest absolute Gasteiger partial charge is 0.374 e. The van der Waals surface area contributed by atoms with Crippen molar-refractivity contribution in [2.75, 3.05) is 13.2 Å². The minimum absolute atomic E-state index is 0.107. The molecule has 2 rings (SSSR count). The molecule has 1 aliphatic heterocycles. The van der Waals surface area contributed by atoms with Gasteiger partial charge in [0.15, 0.2) is 0 Å². The van der Waals surface area contributed by atoms with E-state index in [1.54, 1.807) is 0 Å². The summed E-state index contributed by atoms with van der Waals surface area (Å²) in [6.45, 7) is 6.66. The van der Waals surface area contributed by atoms with Gasteiger partial charge >= 0.3 is 0 Å². The van der Waals surface area contributed by atoms with Gasteiger partial charge in [0.05, 0.1) is 5.60 Å². The van der Waals surface area contributed by atoms with Crippen LogP contribution in [0, 0.1) is 5.92 Å². The van der Waals surface area contributed by atoms with E-state index in [1.165, 1.54) is 44.9 Å². The highest BCUT2D eigenvalue weighted by Gasteiger charge is 2.39. The van der Waals surface area contributed by atoms with Gasteiger partial charge in [-0.3, -0.25) is 0 Å². The van der Waals surface area contributed by atoms with Gasteiger partial charge in [-0.25, -0.2) is 0 Å². The fourth-order valence-corrected chi connectivity index (χ4v) is 2.78. The quantitative estimate of drug-likeness (QED) is 0.750. The first kappa shape index (κ1) is 12.4. The van der Waals surface area contributed by atoms with E-state index < -0.39 is 0 Å². The molecular weight excluding hydrogens is 198 g/mol. The van der Waals surface area contributed by atoms with Crippen LogP contribution in [0.5, 0.6) is 0 Å². The van der Waals surface area contributed by atoms with Gasteiger partial charge in [-0.15, -0.1) is 0 Å². The molecule has 0 aromatic heterocycles. The average molecular weight is 225 g/mol. The Balaban J connectivity index is 1.90. The van der Waals surface area contributed by atoms with Gasteiger partial charge in [0.1, 0.15) is 0 Å². The standard InChI is InChI=1S/C14H27NO/c1-3-9-15-13(11-12-6-7-12)14(2)8-4-5-10-16-14/h12-13,15H,3-11H2,1-2H3. The maximum absolute atomic E-state index is 6.09. The van der Waals surface area contributed by atoms with Crippen molar-refractivity contribution in [1.29, 1.82) is 0 Å². The smallest absolute Gasteiger partial charge is 0.0806 e. The maximum atomic E-state index is 6.09. The molecule has 2 unspecified atom stereocenters. The molecule has 0 spiro atoms. The van der Waals surface area contributed by atoms with Gasteiger partial charge in [0.25, 0.3) is 0 Å². The predicted molar refractivity (Wildman–Crippen MR) is 67.6 cm³/mol. The van der Waals surface area contributed by atoms with E-state index in [4.69, 9.17) is 4.74 Å². The Labute approximate surface area is 100 Å². The molecule has 0 amide bonds. The molecule has 0 aromatic rings. The van der Waals surface area contributed by atoms with Crippen molar-refractivity contribution in [2.24, 2.45) is 5.92 Å². The van der Waals surface area contributed by atoms with Crippen LogP contribution in [0.2, 0.25) is 0 Å². The van der Waals surface area contributed by atoms with E-state index in [0.717, 1.165) is 19.1 Å². The van der Waals surface area contributed by atoms with Crippen LogP contribution < -0.4 is 5.32 Å². The fraction of sp³-hybridized carbons (Fsp3) is 1.00. The zero-order valence-electron chi connectivity index (χ0n) is 10.9. The Hall–Kier alpha value is -0.0800. The van der Waals surface area contributed by atoms with E-state index in [2.05, 4.69) is 19.2 Å². The van der Waals surface area contributed by atoms with Crippen LogP contribution in [0.1, 0.15) is 58.8 Å². The minimum Gasteiger partial charge on any atom is -0.374 e. The summed E-state index contributed by atoms with van der Waals surface area (Å²) in [5.41, 5.74) is 0.107. The monoisotopic (exact) mass is 225 g/mol. The van der Waals surface area contributed by atoms with Gasteiger partial charge in [-0.1, -0.05) is 19.8 Å². The molecule has 1 aliphatic carbocycles. The number of hydrogen-bond acceptors (Lipinski definition) is 2. The second-order valence-corrected chi connectivity index (χ2v) is 5.80. The van der Waals surface area contributed by atoms with E-state index in [1.807, 2.05) is 0 Å². The summed E-state index contributed by atoms with van der Waals surface area (Å²) in [6, 6.07) is 0.584. The molecule has 2 aliphatic rings. The Kier molecular flexibility index (Phi) is 4.26. The predicted octanol–water partition coefficient (Wildman–Crippen LogP) is 3.11. The number of rotatable bonds is 6. The molecule has 1 saturated heterocycles. The first-order valence-electron chi connectivity index (χ1n) is 7.12. The molecule has 2 nitrogen and oxygen atoms in total.